The standard InChI is InChI=1S/C22H35N3O3S/c1-17-9-11-21(12-10-17)29(27,28)23-14-20-8-5-13-24(15-20)16-22(26)25-18(2)6-4-7-19(25)3/h9-12,18-20,23H,4-8,13-16H2,1-3H3. The third-order valence-electron chi connectivity index (χ3n) is 6.34. The van der Waals surface area contributed by atoms with Crippen molar-refractivity contribution in [3.63, 3.8) is 0 Å². The van der Waals surface area contributed by atoms with Gasteiger partial charge in [-0.05, 0) is 77.5 Å². The van der Waals surface area contributed by atoms with E-state index in [2.05, 4.69) is 28.4 Å². The molecule has 0 spiro atoms. The van der Waals surface area contributed by atoms with Crippen LogP contribution in [0.5, 0.6) is 0 Å². The molecule has 0 bridgehead atoms. The van der Waals surface area contributed by atoms with Gasteiger partial charge in [-0.2, -0.15) is 0 Å². The summed E-state index contributed by atoms with van der Waals surface area (Å²) in [6, 6.07) is 7.53. The van der Waals surface area contributed by atoms with E-state index >= 15 is 0 Å². The van der Waals surface area contributed by atoms with Crippen molar-refractivity contribution in [3.05, 3.63) is 29.8 Å². The Morgan fingerprint density at radius 3 is 2.38 bits per heavy atom. The number of carbonyl (C=O) groups excluding carboxylic acids is 1. The van der Waals surface area contributed by atoms with Gasteiger partial charge in [-0.25, -0.2) is 13.1 Å². The SMILES string of the molecule is Cc1ccc(S(=O)(=O)NCC2CCCN(CC(=O)N3C(C)CCCC3C)C2)cc1. The molecular formula is C22H35N3O3S. The van der Waals surface area contributed by atoms with Crippen molar-refractivity contribution in [2.75, 3.05) is 26.2 Å². The molecule has 1 aromatic carbocycles. The fourth-order valence-electron chi connectivity index (χ4n) is 4.68. The maximum Gasteiger partial charge on any atom is 0.240 e. The number of hydrogen-bond acceptors (Lipinski definition) is 4. The monoisotopic (exact) mass is 421 g/mol. The van der Waals surface area contributed by atoms with Crippen LogP contribution in [0.2, 0.25) is 0 Å². The van der Waals surface area contributed by atoms with Crippen molar-refractivity contribution in [1.82, 2.24) is 14.5 Å². The van der Waals surface area contributed by atoms with Gasteiger partial charge in [-0.15, -0.1) is 0 Å². The number of amides is 1. The van der Waals surface area contributed by atoms with Crippen LogP contribution < -0.4 is 4.72 Å². The van der Waals surface area contributed by atoms with Crippen LogP contribution in [0.4, 0.5) is 0 Å². The molecule has 2 fully saturated rings. The average Bonchev–Trinajstić information content (AvgIpc) is 2.67. The Morgan fingerprint density at radius 2 is 1.72 bits per heavy atom. The number of aryl methyl sites for hydroxylation is 1. The average molecular weight is 422 g/mol. The first kappa shape index (κ1) is 22.2. The lowest BCUT2D eigenvalue weighted by Crippen LogP contribution is -2.52. The highest BCUT2D eigenvalue weighted by atomic mass is 32.2. The minimum absolute atomic E-state index is 0.214. The molecule has 2 saturated heterocycles. The Bertz CT molecular complexity index is 784. The van der Waals surface area contributed by atoms with Gasteiger partial charge >= 0.3 is 0 Å². The third kappa shape index (κ3) is 5.80. The predicted octanol–water partition coefficient (Wildman–Crippen LogP) is 2.77. The Kier molecular flexibility index (Phi) is 7.35. The maximum absolute atomic E-state index is 12.9. The van der Waals surface area contributed by atoms with Gasteiger partial charge in [-0.3, -0.25) is 9.69 Å². The van der Waals surface area contributed by atoms with Crippen LogP contribution in [0.3, 0.4) is 0 Å². The Labute approximate surface area is 175 Å². The highest BCUT2D eigenvalue weighted by molar-refractivity contribution is 7.89. The van der Waals surface area contributed by atoms with E-state index in [1.807, 2.05) is 19.1 Å². The molecule has 0 aliphatic carbocycles. The number of nitrogens with zero attached hydrogens (tertiary/aromatic N) is 2. The topological polar surface area (TPSA) is 69.7 Å². The first-order chi connectivity index (χ1) is 13.8. The molecule has 3 atom stereocenters. The second-order valence-electron chi connectivity index (χ2n) is 8.84. The predicted molar refractivity (Wildman–Crippen MR) is 115 cm³/mol. The summed E-state index contributed by atoms with van der Waals surface area (Å²) in [5.41, 5.74) is 1.04. The first-order valence-electron chi connectivity index (χ1n) is 10.9. The summed E-state index contributed by atoms with van der Waals surface area (Å²) in [4.78, 5) is 17.5. The minimum Gasteiger partial charge on any atom is -0.336 e. The van der Waals surface area contributed by atoms with E-state index in [-0.39, 0.29) is 11.8 Å². The molecule has 1 aromatic rings. The zero-order chi connectivity index (χ0) is 21.0. The van der Waals surface area contributed by atoms with Crippen LogP contribution in [-0.2, 0) is 14.8 Å². The number of sulfonamides is 1. The zero-order valence-corrected chi connectivity index (χ0v) is 18.7. The molecule has 2 heterocycles. The molecule has 3 rings (SSSR count). The summed E-state index contributed by atoms with van der Waals surface area (Å²) in [6.45, 7) is 8.75. The van der Waals surface area contributed by atoms with Gasteiger partial charge in [-0.1, -0.05) is 17.7 Å². The summed E-state index contributed by atoms with van der Waals surface area (Å²) in [5, 5.41) is 0. The molecule has 29 heavy (non-hydrogen) atoms. The third-order valence-corrected chi connectivity index (χ3v) is 7.78. The number of piperidine rings is 2. The molecular weight excluding hydrogens is 386 g/mol. The second kappa shape index (κ2) is 9.58. The molecule has 2 aliphatic heterocycles. The molecule has 2 aliphatic rings. The van der Waals surface area contributed by atoms with E-state index < -0.39 is 10.0 Å². The van der Waals surface area contributed by atoms with Gasteiger partial charge in [0.05, 0.1) is 11.4 Å². The Morgan fingerprint density at radius 1 is 1.07 bits per heavy atom. The van der Waals surface area contributed by atoms with Gasteiger partial charge in [0, 0.05) is 25.2 Å². The van der Waals surface area contributed by atoms with E-state index in [1.165, 1.54) is 6.42 Å². The van der Waals surface area contributed by atoms with Crippen molar-refractivity contribution in [2.24, 2.45) is 5.92 Å². The van der Waals surface area contributed by atoms with Gasteiger partial charge < -0.3 is 4.90 Å². The molecule has 0 aromatic heterocycles. The van der Waals surface area contributed by atoms with Gasteiger partial charge in [0.2, 0.25) is 15.9 Å². The van der Waals surface area contributed by atoms with Crippen molar-refractivity contribution in [2.45, 2.75) is 69.9 Å². The Hall–Kier alpha value is -1.44. The van der Waals surface area contributed by atoms with E-state index in [9.17, 15) is 13.2 Å². The Balaban J connectivity index is 1.52. The largest absolute Gasteiger partial charge is 0.336 e. The van der Waals surface area contributed by atoms with E-state index in [1.54, 1.807) is 12.1 Å². The number of nitrogens with one attached hydrogen (secondary N) is 1. The molecule has 162 valence electrons. The smallest absolute Gasteiger partial charge is 0.240 e. The van der Waals surface area contributed by atoms with Crippen LogP contribution >= 0.6 is 0 Å². The van der Waals surface area contributed by atoms with Crippen molar-refractivity contribution in [3.8, 4) is 0 Å². The van der Waals surface area contributed by atoms with Gasteiger partial charge in [0.15, 0.2) is 0 Å². The van der Waals surface area contributed by atoms with Gasteiger partial charge in [0.1, 0.15) is 0 Å². The van der Waals surface area contributed by atoms with Crippen molar-refractivity contribution < 1.29 is 13.2 Å². The molecule has 3 unspecified atom stereocenters. The molecule has 0 radical (unpaired) electrons. The summed E-state index contributed by atoms with van der Waals surface area (Å²) in [5.74, 6) is 0.443. The summed E-state index contributed by atoms with van der Waals surface area (Å²) in [6.07, 6.45) is 5.34. The fraction of sp³-hybridized carbons (Fsp3) is 0.682. The summed E-state index contributed by atoms with van der Waals surface area (Å²) in [7, 11) is -3.49. The van der Waals surface area contributed by atoms with E-state index in [4.69, 9.17) is 0 Å². The second-order valence-corrected chi connectivity index (χ2v) is 10.6. The normalized spacial score (nSPS) is 26.4. The van der Waals surface area contributed by atoms with Crippen LogP contribution in [-0.4, -0.2) is 62.4 Å². The maximum atomic E-state index is 12.9. The van der Waals surface area contributed by atoms with Crippen molar-refractivity contribution >= 4 is 15.9 Å². The van der Waals surface area contributed by atoms with Gasteiger partial charge in [0.25, 0.3) is 0 Å². The molecule has 7 heteroatoms. The van der Waals surface area contributed by atoms with Crippen LogP contribution in [0.15, 0.2) is 29.2 Å². The quantitative estimate of drug-likeness (QED) is 0.767. The molecule has 0 saturated carbocycles. The van der Waals surface area contributed by atoms with E-state index in [0.717, 1.165) is 44.3 Å². The summed E-state index contributed by atoms with van der Waals surface area (Å²) >= 11 is 0. The molecule has 1 amide bonds. The van der Waals surface area contributed by atoms with Crippen LogP contribution in [0.25, 0.3) is 0 Å². The zero-order valence-electron chi connectivity index (χ0n) is 17.9. The van der Waals surface area contributed by atoms with E-state index in [0.29, 0.717) is 30.1 Å². The molecule has 1 N–H and O–H groups in total. The van der Waals surface area contributed by atoms with Crippen LogP contribution in [0.1, 0.15) is 51.5 Å². The number of benzene rings is 1. The number of carbonyl (C=O) groups is 1. The lowest BCUT2D eigenvalue weighted by atomic mass is 9.96. The van der Waals surface area contributed by atoms with Crippen molar-refractivity contribution in [1.29, 1.82) is 0 Å². The van der Waals surface area contributed by atoms with Crippen LogP contribution in [0, 0.1) is 12.8 Å². The summed E-state index contributed by atoms with van der Waals surface area (Å²) < 4.78 is 27.8. The number of hydrogen-bond donors (Lipinski definition) is 1. The highest BCUT2D eigenvalue weighted by Crippen LogP contribution is 2.24. The molecule has 6 nitrogen and oxygen atoms in total. The highest BCUT2D eigenvalue weighted by Gasteiger charge is 2.31. The first-order valence-corrected chi connectivity index (χ1v) is 12.3. The lowest BCUT2D eigenvalue weighted by Gasteiger charge is -2.41. The minimum atomic E-state index is -3.49. The fourth-order valence-corrected chi connectivity index (χ4v) is 5.79. The number of likely N-dealkylation sites (tertiary alicyclic amines) is 2. The number of rotatable bonds is 6. The lowest BCUT2D eigenvalue weighted by molar-refractivity contribution is -0.138.